The number of halogens is 2. The summed E-state index contributed by atoms with van der Waals surface area (Å²) in [5, 5.41) is 5.96. The predicted octanol–water partition coefficient (Wildman–Crippen LogP) is 3.37. The van der Waals surface area contributed by atoms with Crippen LogP contribution in [0.3, 0.4) is 0 Å². The van der Waals surface area contributed by atoms with Crippen LogP contribution in [0.15, 0.2) is 42.5 Å². The minimum atomic E-state index is -0.384. The summed E-state index contributed by atoms with van der Waals surface area (Å²) in [7, 11) is 1.54. The molecule has 0 saturated carbocycles. The molecule has 0 atom stereocenters. The number of ether oxygens (including phenoxy) is 1. The summed E-state index contributed by atoms with van der Waals surface area (Å²) in [6.07, 6.45) is 0. The maximum Gasteiger partial charge on any atom is 0.251 e. The van der Waals surface area contributed by atoms with E-state index in [4.69, 9.17) is 27.9 Å². The standard InChI is InChI=1S/C16H14Cl2N2O3/c1-23-14-4-2-10(3-5-14)16(22)19-9-15(21)20-13-7-11(17)6-12(18)8-13/h2-8H,9H2,1H3,(H,19,22)(H,20,21). The third-order valence-corrected chi connectivity index (χ3v) is 3.34. The van der Waals surface area contributed by atoms with Crippen LogP contribution < -0.4 is 15.4 Å². The molecule has 0 radical (unpaired) electrons. The Hall–Kier alpha value is -2.24. The number of nitrogens with one attached hydrogen (secondary N) is 2. The van der Waals surface area contributed by atoms with E-state index in [-0.39, 0.29) is 18.4 Å². The highest BCUT2D eigenvalue weighted by atomic mass is 35.5. The Morgan fingerprint density at radius 1 is 1.04 bits per heavy atom. The summed E-state index contributed by atoms with van der Waals surface area (Å²) in [5.74, 6) is -0.0887. The molecule has 0 fully saturated rings. The molecule has 0 aromatic heterocycles. The molecule has 0 aliphatic rings. The zero-order chi connectivity index (χ0) is 16.8. The molecule has 2 rings (SSSR count). The summed E-state index contributed by atoms with van der Waals surface area (Å²) in [6.45, 7) is -0.172. The first-order valence-electron chi connectivity index (χ1n) is 6.66. The van der Waals surface area contributed by atoms with E-state index in [0.29, 0.717) is 27.0 Å². The minimum Gasteiger partial charge on any atom is -0.497 e. The summed E-state index contributed by atoms with van der Waals surface area (Å²) in [5.41, 5.74) is 0.899. The molecule has 120 valence electrons. The molecule has 2 amide bonds. The van der Waals surface area contributed by atoms with Crippen LogP contribution in [0.5, 0.6) is 5.75 Å². The first-order chi connectivity index (χ1) is 11.0. The average Bonchev–Trinajstić information content (AvgIpc) is 2.51. The van der Waals surface area contributed by atoms with Gasteiger partial charge in [-0.05, 0) is 42.5 Å². The van der Waals surface area contributed by atoms with Crippen LogP contribution in [0.2, 0.25) is 10.0 Å². The van der Waals surface area contributed by atoms with Crippen molar-refractivity contribution in [2.24, 2.45) is 0 Å². The van der Waals surface area contributed by atoms with Gasteiger partial charge in [-0.2, -0.15) is 0 Å². The molecule has 23 heavy (non-hydrogen) atoms. The second kappa shape index (κ2) is 7.85. The van der Waals surface area contributed by atoms with Gasteiger partial charge in [0.2, 0.25) is 5.91 Å². The monoisotopic (exact) mass is 352 g/mol. The minimum absolute atomic E-state index is 0.172. The summed E-state index contributed by atoms with van der Waals surface area (Å²) in [6, 6.07) is 11.3. The average molecular weight is 353 g/mol. The molecule has 0 saturated heterocycles. The maximum atomic E-state index is 11.9. The van der Waals surface area contributed by atoms with Crippen LogP contribution in [0.25, 0.3) is 0 Å². The lowest BCUT2D eigenvalue weighted by atomic mass is 10.2. The zero-order valence-corrected chi connectivity index (χ0v) is 13.7. The number of carbonyl (C=O) groups excluding carboxylic acids is 2. The molecule has 2 aromatic carbocycles. The number of rotatable bonds is 5. The van der Waals surface area contributed by atoms with Crippen molar-refractivity contribution in [1.82, 2.24) is 5.32 Å². The topological polar surface area (TPSA) is 67.4 Å². The van der Waals surface area contributed by atoms with E-state index < -0.39 is 0 Å². The Balaban J connectivity index is 1.89. The van der Waals surface area contributed by atoms with Crippen molar-refractivity contribution in [1.29, 1.82) is 0 Å². The van der Waals surface area contributed by atoms with Gasteiger partial charge in [0, 0.05) is 21.3 Å². The Kier molecular flexibility index (Phi) is 5.84. The van der Waals surface area contributed by atoms with E-state index >= 15 is 0 Å². The molecule has 0 heterocycles. The van der Waals surface area contributed by atoms with Gasteiger partial charge < -0.3 is 15.4 Å². The van der Waals surface area contributed by atoms with Gasteiger partial charge in [0.25, 0.3) is 5.91 Å². The van der Waals surface area contributed by atoms with Crippen LogP contribution in [0, 0.1) is 0 Å². The number of hydrogen-bond acceptors (Lipinski definition) is 3. The molecular weight excluding hydrogens is 339 g/mol. The lowest BCUT2D eigenvalue weighted by Gasteiger charge is -2.08. The summed E-state index contributed by atoms with van der Waals surface area (Å²) in [4.78, 5) is 23.8. The smallest absolute Gasteiger partial charge is 0.251 e. The molecule has 0 unspecified atom stereocenters. The number of benzene rings is 2. The lowest BCUT2D eigenvalue weighted by Crippen LogP contribution is -2.32. The highest BCUT2D eigenvalue weighted by molar-refractivity contribution is 6.35. The number of hydrogen-bond donors (Lipinski definition) is 2. The van der Waals surface area contributed by atoms with Gasteiger partial charge in [0.15, 0.2) is 0 Å². The zero-order valence-electron chi connectivity index (χ0n) is 12.2. The van der Waals surface area contributed by atoms with Gasteiger partial charge in [-0.1, -0.05) is 23.2 Å². The van der Waals surface area contributed by atoms with Gasteiger partial charge in [0.05, 0.1) is 13.7 Å². The third kappa shape index (κ3) is 5.16. The van der Waals surface area contributed by atoms with Crippen molar-refractivity contribution in [3.05, 3.63) is 58.1 Å². The Bertz CT molecular complexity index is 698. The van der Waals surface area contributed by atoms with E-state index in [0.717, 1.165) is 0 Å². The largest absolute Gasteiger partial charge is 0.497 e. The molecule has 0 spiro atoms. The van der Waals surface area contributed by atoms with Crippen LogP contribution in [-0.2, 0) is 4.79 Å². The molecule has 2 N–H and O–H groups in total. The summed E-state index contributed by atoms with van der Waals surface area (Å²) < 4.78 is 5.02. The Morgan fingerprint density at radius 3 is 2.22 bits per heavy atom. The van der Waals surface area contributed by atoms with Crippen molar-refractivity contribution < 1.29 is 14.3 Å². The van der Waals surface area contributed by atoms with Gasteiger partial charge in [-0.25, -0.2) is 0 Å². The Labute approximate surface area is 143 Å². The first-order valence-corrected chi connectivity index (χ1v) is 7.42. The number of amides is 2. The molecule has 0 bridgehead atoms. The second-order valence-corrected chi connectivity index (χ2v) is 5.49. The highest BCUT2D eigenvalue weighted by Crippen LogP contribution is 2.22. The van der Waals surface area contributed by atoms with E-state index in [1.54, 1.807) is 49.6 Å². The predicted molar refractivity (Wildman–Crippen MR) is 90.4 cm³/mol. The second-order valence-electron chi connectivity index (χ2n) is 4.62. The molecule has 0 aliphatic carbocycles. The third-order valence-electron chi connectivity index (χ3n) is 2.91. The Morgan fingerprint density at radius 2 is 1.65 bits per heavy atom. The first kappa shape index (κ1) is 17.1. The fourth-order valence-corrected chi connectivity index (χ4v) is 2.36. The number of methoxy groups -OCH3 is 1. The van der Waals surface area contributed by atoms with Crippen LogP contribution in [0.1, 0.15) is 10.4 Å². The SMILES string of the molecule is COc1ccc(C(=O)NCC(=O)Nc2cc(Cl)cc(Cl)c2)cc1. The van der Waals surface area contributed by atoms with E-state index in [2.05, 4.69) is 10.6 Å². The molecule has 7 heteroatoms. The normalized spacial score (nSPS) is 10.0. The fraction of sp³-hybridized carbons (Fsp3) is 0.125. The van der Waals surface area contributed by atoms with Crippen molar-refractivity contribution in [2.75, 3.05) is 19.0 Å². The van der Waals surface area contributed by atoms with Crippen LogP contribution in [0.4, 0.5) is 5.69 Å². The maximum absolute atomic E-state index is 11.9. The molecular formula is C16H14Cl2N2O3. The molecule has 5 nitrogen and oxygen atoms in total. The quantitative estimate of drug-likeness (QED) is 0.866. The highest BCUT2D eigenvalue weighted by Gasteiger charge is 2.09. The van der Waals surface area contributed by atoms with Crippen molar-refractivity contribution >= 4 is 40.7 Å². The number of carbonyl (C=O) groups is 2. The van der Waals surface area contributed by atoms with Gasteiger partial charge in [0.1, 0.15) is 5.75 Å². The van der Waals surface area contributed by atoms with E-state index in [1.807, 2.05) is 0 Å². The van der Waals surface area contributed by atoms with Crippen molar-refractivity contribution in [2.45, 2.75) is 0 Å². The molecule has 0 aliphatic heterocycles. The van der Waals surface area contributed by atoms with Crippen LogP contribution in [-0.4, -0.2) is 25.5 Å². The molecule has 2 aromatic rings. The summed E-state index contributed by atoms with van der Waals surface area (Å²) >= 11 is 11.7. The van der Waals surface area contributed by atoms with E-state index in [1.165, 1.54) is 0 Å². The van der Waals surface area contributed by atoms with E-state index in [9.17, 15) is 9.59 Å². The van der Waals surface area contributed by atoms with Crippen LogP contribution >= 0.6 is 23.2 Å². The van der Waals surface area contributed by atoms with Gasteiger partial charge in [-0.15, -0.1) is 0 Å². The fourth-order valence-electron chi connectivity index (χ4n) is 1.84. The van der Waals surface area contributed by atoms with Crippen molar-refractivity contribution in [3.8, 4) is 5.75 Å². The van der Waals surface area contributed by atoms with Gasteiger partial charge in [-0.3, -0.25) is 9.59 Å². The van der Waals surface area contributed by atoms with Crippen molar-refractivity contribution in [3.63, 3.8) is 0 Å². The number of anilines is 1. The van der Waals surface area contributed by atoms with Gasteiger partial charge >= 0.3 is 0 Å². The lowest BCUT2D eigenvalue weighted by molar-refractivity contribution is -0.115.